The number of H-pyrrole nitrogens is 1. The number of aromatic amines is 1. The van der Waals surface area contributed by atoms with Gasteiger partial charge in [0.15, 0.2) is 0 Å². The maximum absolute atomic E-state index is 12.8. The van der Waals surface area contributed by atoms with Crippen LogP contribution < -0.4 is 14.2 Å². The number of carbonyl (C=O) groups is 1. The van der Waals surface area contributed by atoms with E-state index in [0.717, 1.165) is 61.1 Å². The maximum Gasteiger partial charge on any atom is 0.419 e. The number of carbonyl (C=O) groups excluding carboxylic acids is 1. The summed E-state index contributed by atoms with van der Waals surface area (Å²) < 4.78 is 79.7. The van der Waals surface area contributed by atoms with E-state index >= 15 is 0 Å². The standard InChI is InChI=1S/C19H19ClN2O2.C14H11ClN2.C7H8ClIN2O4S2.C6H6ClIN2O2S.C5H4ClIN2/c1-12-7-5-6-8-14(12)16-9-13-11-21-17(20)10-15(13)22(16)18(23)24-19(2,3)4;1-9-4-2-3-5-11(9)13-6-10-8-16-14(15)7-12(10)17-13;1-16(12,13)11(17(2,14)15)6-3-7(8)10-4-5(6)9;1-13(11,12)10-5-2-6(7)9-3-4(5)8;6-5-1-4(8)3(7)2-9-5/h5-11H,1-4H3;2-8,17H,1H3;3-4H,1-2H3;2-3H,1H3,(H,9,10);1-2H,(H2,8,9). The highest BCUT2D eigenvalue weighted by Gasteiger charge is 2.29. The number of nitrogens with zero attached hydrogens (tertiary/aromatic N) is 7. The van der Waals surface area contributed by atoms with E-state index in [9.17, 15) is 30.0 Å². The molecule has 0 fully saturated rings. The number of hydrogen-bond acceptors (Lipinski definition) is 14. The smallest absolute Gasteiger partial charge is 0.419 e. The number of hydrogen-bond donors (Lipinski definition) is 3. The van der Waals surface area contributed by atoms with Gasteiger partial charge in [0.1, 0.15) is 31.4 Å². The van der Waals surface area contributed by atoms with Gasteiger partial charge in [-0.1, -0.05) is 107 Å². The highest BCUT2D eigenvalue weighted by Crippen LogP contribution is 2.33. The Kier molecular flexibility index (Phi) is 23.5. The molecule has 7 heterocycles. The van der Waals surface area contributed by atoms with Gasteiger partial charge in [-0.3, -0.25) is 4.72 Å². The van der Waals surface area contributed by atoms with Crippen LogP contribution in [0.3, 0.4) is 0 Å². The van der Waals surface area contributed by atoms with Gasteiger partial charge in [0.2, 0.25) is 30.1 Å². The van der Waals surface area contributed by atoms with E-state index in [0.29, 0.717) is 43.2 Å². The van der Waals surface area contributed by atoms with Crippen molar-refractivity contribution in [3.63, 3.8) is 0 Å². The molecule has 0 aliphatic carbocycles. The Labute approximate surface area is 529 Å². The molecule has 0 atom stereocenters. The second-order valence-corrected chi connectivity index (χ2v) is 29.0. The summed E-state index contributed by atoms with van der Waals surface area (Å²) in [6, 6.07) is 28.0. The van der Waals surface area contributed by atoms with Crippen LogP contribution in [0.1, 0.15) is 31.9 Å². The molecule has 29 heteroatoms. The molecular formula is C51H48Cl5I3N10O8S3. The SMILES string of the molecule is CS(=O)(=O)N(c1cc(Cl)ncc1I)S(C)(=O)=O.CS(=O)(=O)Nc1cc(Cl)ncc1I.Cc1ccccc1-c1cc2cnc(Cl)cc2[nH]1.Cc1ccccc1-c1cc2cnc(Cl)cc2n1C(=O)OC(C)(C)C.Nc1cc(Cl)ncc1I. The van der Waals surface area contributed by atoms with Crippen LogP contribution in [0.4, 0.5) is 21.9 Å². The number of nitrogens with one attached hydrogen (secondary N) is 2. The molecule has 0 radical (unpaired) electrons. The number of benzene rings is 2. The van der Waals surface area contributed by atoms with E-state index in [1.807, 2.05) is 98.8 Å². The van der Waals surface area contributed by atoms with Crippen molar-refractivity contribution in [3.05, 3.63) is 170 Å². The number of sulfonamides is 3. The Balaban J connectivity index is 0.000000190. The molecule has 18 nitrogen and oxygen atoms in total. The Bertz CT molecular complexity index is 4050. The van der Waals surface area contributed by atoms with E-state index < -0.39 is 41.8 Å². The molecule has 80 heavy (non-hydrogen) atoms. The normalized spacial score (nSPS) is 11.4. The van der Waals surface area contributed by atoms with Crippen LogP contribution in [0.25, 0.3) is 44.3 Å². The average molecular weight is 1580 g/mol. The number of halogens is 8. The lowest BCUT2D eigenvalue weighted by molar-refractivity contribution is 0.0547. The van der Waals surface area contributed by atoms with Crippen LogP contribution in [0, 0.1) is 24.6 Å². The summed E-state index contributed by atoms with van der Waals surface area (Å²) in [5, 5.41) is 3.46. The fourth-order valence-corrected chi connectivity index (χ4v) is 13.0. The number of nitrogen functional groups attached to an aromatic ring is 1. The van der Waals surface area contributed by atoms with Gasteiger partial charge in [-0.15, -0.1) is 0 Å². The molecule has 0 unspecified atom stereocenters. The minimum atomic E-state index is -3.96. The fraction of sp³-hybridized carbons (Fsp3) is 0.176. The first-order valence-corrected chi connectivity index (χ1v) is 33.4. The molecule has 7 aromatic heterocycles. The molecule has 0 spiro atoms. The highest BCUT2D eigenvalue weighted by molar-refractivity contribution is 14.1. The third-order valence-electron chi connectivity index (χ3n) is 10.1. The van der Waals surface area contributed by atoms with Crippen molar-refractivity contribution in [1.82, 2.24) is 34.5 Å². The molecule has 0 bridgehead atoms. The summed E-state index contributed by atoms with van der Waals surface area (Å²) in [5.41, 5.74) is 14.1. The number of anilines is 3. The predicted octanol–water partition coefficient (Wildman–Crippen LogP) is 14.3. The van der Waals surface area contributed by atoms with Gasteiger partial charge in [0, 0.05) is 82.5 Å². The number of fused-ring (bicyclic) bond motifs is 2. The van der Waals surface area contributed by atoms with E-state index in [-0.39, 0.29) is 16.0 Å². The lowest BCUT2D eigenvalue weighted by Crippen LogP contribution is -2.35. The molecule has 4 N–H and O–H groups in total. The lowest BCUT2D eigenvalue weighted by Gasteiger charge is -2.21. The van der Waals surface area contributed by atoms with E-state index in [1.54, 1.807) is 57.9 Å². The van der Waals surface area contributed by atoms with Crippen LogP contribution in [0.2, 0.25) is 25.8 Å². The van der Waals surface area contributed by atoms with Crippen molar-refractivity contribution >= 4 is 201 Å². The van der Waals surface area contributed by atoms with Gasteiger partial charge < -0.3 is 15.5 Å². The monoisotopic (exact) mass is 1580 g/mol. The molecular weight excluding hydrogens is 1530 g/mol. The molecule has 424 valence electrons. The second-order valence-electron chi connectivity index (χ2n) is 17.9. The fourth-order valence-electron chi connectivity index (χ4n) is 6.93. The van der Waals surface area contributed by atoms with E-state index in [2.05, 4.69) is 82.3 Å². The first kappa shape index (κ1) is 66.4. The first-order valence-electron chi connectivity index (χ1n) is 22.6. The topological polar surface area (TPSA) is 255 Å². The summed E-state index contributed by atoms with van der Waals surface area (Å²) in [6.07, 6.45) is 10.1. The quantitative estimate of drug-likeness (QED) is 0.0991. The van der Waals surface area contributed by atoms with Crippen molar-refractivity contribution in [2.24, 2.45) is 0 Å². The molecule has 0 saturated heterocycles. The van der Waals surface area contributed by atoms with Gasteiger partial charge in [-0.25, -0.2) is 59.5 Å². The first-order chi connectivity index (χ1) is 37.1. The third kappa shape index (κ3) is 19.6. The second kappa shape index (κ2) is 28.3. The van der Waals surface area contributed by atoms with Crippen molar-refractivity contribution in [3.8, 4) is 22.5 Å². The summed E-state index contributed by atoms with van der Waals surface area (Å²) in [4.78, 5) is 35.7. The number of pyridine rings is 5. The van der Waals surface area contributed by atoms with Gasteiger partial charge in [0.05, 0.1) is 57.6 Å². The molecule has 2 aromatic carbocycles. The molecule has 0 saturated carbocycles. The van der Waals surface area contributed by atoms with E-state index in [1.165, 1.54) is 35.7 Å². The average Bonchev–Trinajstić information content (AvgIpc) is 3.96. The largest absolute Gasteiger partial charge is 0.443 e. The minimum Gasteiger partial charge on any atom is -0.443 e. The van der Waals surface area contributed by atoms with Crippen molar-refractivity contribution in [2.45, 2.75) is 40.2 Å². The van der Waals surface area contributed by atoms with Crippen LogP contribution in [0.5, 0.6) is 0 Å². The van der Waals surface area contributed by atoms with Crippen LogP contribution in [-0.4, -0.2) is 90.2 Å². The number of aromatic nitrogens is 7. The molecule has 9 aromatic rings. The Morgan fingerprint density at radius 1 is 0.625 bits per heavy atom. The van der Waals surface area contributed by atoms with Crippen molar-refractivity contribution < 1.29 is 34.8 Å². The van der Waals surface area contributed by atoms with Crippen LogP contribution >= 0.6 is 126 Å². The molecule has 0 aliphatic rings. The maximum atomic E-state index is 12.8. The van der Waals surface area contributed by atoms with Crippen LogP contribution in [-0.2, 0) is 34.8 Å². The molecule has 9 rings (SSSR count). The lowest BCUT2D eigenvalue weighted by atomic mass is 10.1. The number of ether oxygens (including phenoxy) is 1. The molecule has 0 amide bonds. The number of nitrogens with two attached hydrogens (primary N) is 1. The van der Waals surface area contributed by atoms with Crippen molar-refractivity contribution in [2.75, 3.05) is 32.9 Å². The molecule has 0 aliphatic heterocycles. The summed E-state index contributed by atoms with van der Waals surface area (Å²) >= 11 is 34.5. The van der Waals surface area contributed by atoms with Crippen molar-refractivity contribution in [1.29, 1.82) is 0 Å². The minimum absolute atomic E-state index is 0.0118. The van der Waals surface area contributed by atoms with Gasteiger partial charge in [-0.05, 0) is 138 Å². The Hall–Kier alpha value is -4.37. The van der Waals surface area contributed by atoms with Gasteiger partial charge >= 0.3 is 6.09 Å². The summed E-state index contributed by atoms with van der Waals surface area (Å²) in [7, 11) is -11.2. The number of rotatable bonds is 7. The summed E-state index contributed by atoms with van der Waals surface area (Å²) in [6.45, 7) is 9.65. The van der Waals surface area contributed by atoms with E-state index in [4.69, 9.17) is 68.5 Å². The third-order valence-corrected chi connectivity index (χ3v) is 17.6. The van der Waals surface area contributed by atoms with Gasteiger partial charge in [-0.2, -0.15) is 3.71 Å². The number of aryl methyl sites for hydroxylation is 2. The zero-order valence-electron chi connectivity index (χ0n) is 43.3. The summed E-state index contributed by atoms with van der Waals surface area (Å²) in [5.74, 6) is 0. The zero-order valence-corrected chi connectivity index (χ0v) is 56.0. The highest BCUT2D eigenvalue weighted by atomic mass is 127. The zero-order chi connectivity index (χ0) is 59.7. The van der Waals surface area contributed by atoms with Gasteiger partial charge in [0.25, 0.3) is 0 Å². The predicted molar refractivity (Wildman–Crippen MR) is 349 cm³/mol. The van der Waals surface area contributed by atoms with Crippen LogP contribution in [0.15, 0.2) is 122 Å². The Morgan fingerprint density at radius 3 is 1.62 bits per heavy atom. The Morgan fingerprint density at radius 2 is 1.10 bits per heavy atom.